The van der Waals surface area contributed by atoms with E-state index in [1.807, 2.05) is 19.9 Å². The molecule has 2 amide bonds. The van der Waals surface area contributed by atoms with Crippen molar-refractivity contribution in [3.8, 4) is 6.07 Å². The average molecular weight is 477 g/mol. The molecule has 0 radical (unpaired) electrons. The molecule has 0 aliphatic carbocycles. The molecule has 35 heavy (non-hydrogen) atoms. The van der Waals surface area contributed by atoms with Crippen molar-refractivity contribution in [3.63, 3.8) is 0 Å². The van der Waals surface area contributed by atoms with Crippen LogP contribution in [0, 0.1) is 23.1 Å². The van der Waals surface area contributed by atoms with Gasteiger partial charge in [0.1, 0.15) is 5.82 Å². The Bertz CT molecular complexity index is 1220. The van der Waals surface area contributed by atoms with Gasteiger partial charge in [0.25, 0.3) is 0 Å². The van der Waals surface area contributed by atoms with Gasteiger partial charge >= 0.3 is 0 Å². The normalized spacial score (nSPS) is 21.8. The first-order valence-electron chi connectivity index (χ1n) is 12.0. The molecular formula is C27H29FN4O3. The second kappa shape index (κ2) is 9.06. The van der Waals surface area contributed by atoms with Crippen LogP contribution in [0.1, 0.15) is 37.0 Å². The van der Waals surface area contributed by atoms with Crippen LogP contribution in [0.15, 0.2) is 36.4 Å². The van der Waals surface area contributed by atoms with Crippen LogP contribution in [0.5, 0.6) is 0 Å². The average Bonchev–Trinajstić information content (AvgIpc) is 3.38. The molecule has 0 unspecified atom stereocenters. The van der Waals surface area contributed by atoms with Crippen LogP contribution >= 0.6 is 0 Å². The second-order valence-corrected chi connectivity index (χ2v) is 10.2. The lowest BCUT2D eigenvalue weighted by atomic mass is 9.85. The van der Waals surface area contributed by atoms with Crippen molar-refractivity contribution in [3.05, 3.63) is 58.9 Å². The fourth-order valence-electron chi connectivity index (χ4n) is 5.44. The topological polar surface area (TPSA) is 76.9 Å². The maximum absolute atomic E-state index is 15.8. The number of benzene rings is 2. The molecule has 0 N–H and O–H groups in total. The number of ether oxygens (including phenoxy) is 1. The van der Waals surface area contributed by atoms with Crippen molar-refractivity contribution in [2.75, 3.05) is 49.2 Å². The van der Waals surface area contributed by atoms with Gasteiger partial charge in [0.05, 0.1) is 36.5 Å². The van der Waals surface area contributed by atoms with Gasteiger partial charge in [0.15, 0.2) is 0 Å². The molecule has 0 bridgehead atoms. The number of nitrogens with zero attached hydrogens (tertiary/aromatic N) is 4. The highest BCUT2D eigenvalue weighted by Crippen LogP contribution is 2.44. The number of rotatable bonds is 4. The molecule has 182 valence electrons. The van der Waals surface area contributed by atoms with Crippen molar-refractivity contribution < 1.29 is 18.7 Å². The zero-order valence-electron chi connectivity index (χ0n) is 20.1. The van der Waals surface area contributed by atoms with E-state index < -0.39 is 11.3 Å². The number of carbonyl (C=O) groups excluding carboxylic acids is 2. The highest BCUT2D eigenvalue weighted by atomic mass is 19.1. The Morgan fingerprint density at radius 3 is 2.74 bits per heavy atom. The number of fused-ring (bicyclic) bond motifs is 1. The Labute approximate surface area is 204 Å². The number of morpholine rings is 1. The summed E-state index contributed by atoms with van der Waals surface area (Å²) in [6, 6.07) is 12.6. The van der Waals surface area contributed by atoms with Crippen LogP contribution in [0.25, 0.3) is 0 Å². The van der Waals surface area contributed by atoms with Gasteiger partial charge in [-0.25, -0.2) is 4.39 Å². The number of hydrogen-bond acceptors (Lipinski definition) is 5. The summed E-state index contributed by atoms with van der Waals surface area (Å²) < 4.78 is 21.2. The molecule has 8 heteroatoms. The van der Waals surface area contributed by atoms with Crippen LogP contribution < -0.4 is 9.80 Å². The van der Waals surface area contributed by atoms with Crippen LogP contribution in [-0.4, -0.2) is 56.1 Å². The zero-order valence-corrected chi connectivity index (χ0v) is 20.1. The summed E-state index contributed by atoms with van der Waals surface area (Å²) in [6.45, 7) is 7.89. The Hall–Kier alpha value is -3.28. The fourth-order valence-corrected chi connectivity index (χ4v) is 5.44. The summed E-state index contributed by atoms with van der Waals surface area (Å²) in [5.41, 5.74) is 2.33. The van der Waals surface area contributed by atoms with Crippen molar-refractivity contribution in [2.45, 2.75) is 32.2 Å². The number of halogens is 1. The highest BCUT2D eigenvalue weighted by molar-refractivity contribution is 6.05. The van der Waals surface area contributed by atoms with Gasteiger partial charge in [-0.2, -0.15) is 5.26 Å². The third-order valence-corrected chi connectivity index (χ3v) is 7.25. The highest BCUT2D eigenvalue weighted by Gasteiger charge is 2.45. The molecule has 3 aliphatic heterocycles. The second-order valence-electron chi connectivity index (χ2n) is 10.2. The monoisotopic (exact) mass is 476 g/mol. The Kier molecular flexibility index (Phi) is 6.07. The van der Waals surface area contributed by atoms with E-state index in [9.17, 15) is 14.9 Å². The minimum Gasteiger partial charge on any atom is -0.379 e. The van der Waals surface area contributed by atoms with Crippen molar-refractivity contribution in [2.24, 2.45) is 5.92 Å². The molecule has 2 fully saturated rings. The molecule has 2 aromatic carbocycles. The fraction of sp³-hybridized carbons (Fsp3) is 0.444. The summed E-state index contributed by atoms with van der Waals surface area (Å²) in [6.07, 6.45) is 0.0967. The van der Waals surface area contributed by atoms with Crippen LogP contribution in [-0.2, 0) is 26.3 Å². The largest absolute Gasteiger partial charge is 0.379 e. The summed E-state index contributed by atoms with van der Waals surface area (Å²) in [5, 5.41) is 9.18. The smallest absolute Gasteiger partial charge is 0.232 e. The summed E-state index contributed by atoms with van der Waals surface area (Å²) in [5.74, 6) is -1.08. The Balaban J connectivity index is 1.38. The number of amides is 2. The number of anilines is 2. The summed E-state index contributed by atoms with van der Waals surface area (Å²) >= 11 is 0. The van der Waals surface area contributed by atoms with E-state index in [4.69, 9.17) is 4.74 Å². The third kappa shape index (κ3) is 4.30. The molecule has 0 spiro atoms. The molecule has 1 atom stereocenters. The van der Waals surface area contributed by atoms with Crippen LogP contribution in [0.3, 0.4) is 0 Å². The molecule has 7 nitrogen and oxygen atoms in total. The van der Waals surface area contributed by atoms with E-state index in [1.165, 1.54) is 0 Å². The van der Waals surface area contributed by atoms with Gasteiger partial charge in [-0.15, -0.1) is 0 Å². The predicted octanol–water partition coefficient (Wildman–Crippen LogP) is 3.21. The molecular weight excluding hydrogens is 447 g/mol. The molecule has 2 saturated heterocycles. The van der Waals surface area contributed by atoms with Crippen molar-refractivity contribution in [1.29, 1.82) is 5.26 Å². The van der Waals surface area contributed by atoms with Gasteiger partial charge in [0, 0.05) is 61.4 Å². The van der Waals surface area contributed by atoms with E-state index in [1.54, 1.807) is 40.1 Å². The van der Waals surface area contributed by atoms with Crippen molar-refractivity contribution >= 4 is 23.2 Å². The quantitative estimate of drug-likeness (QED) is 0.677. The first-order valence-corrected chi connectivity index (χ1v) is 12.0. The first kappa shape index (κ1) is 23.5. The molecule has 3 heterocycles. The number of nitriles is 1. The maximum atomic E-state index is 15.8. The lowest BCUT2D eigenvalue weighted by Crippen LogP contribution is -2.39. The molecule has 2 aromatic rings. The molecule has 0 aromatic heterocycles. The van der Waals surface area contributed by atoms with Crippen LogP contribution in [0.2, 0.25) is 0 Å². The third-order valence-electron chi connectivity index (χ3n) is 7.25. The van der Waals surface area contributed by atoms with E-state index in [-0.39, 0.29) is 30.6 Å². The number of carbonyl (C=O) groups is 2. The minimum atomic E-state index is -0.542. The Morgan fingerprint density at radius 1 is 1.23 bits per heavy atom. The van der Waals surface area contributed by atoms with Gasteiger partial charge in [-0.05, 0) is 24.3 Å². The van der Waals surface area contributed by atoms with Crippen LogP contribution in [0.4, 0.5) is 15.8 Å². The molecule has 3 aliphatic rings. The van der Waals surface area contributed by atoms with E-state index in [2.05, 4.69) is 11.0 Å². The van der Waals surface area contributed by atoms with Gasteiger partial charge in [-0.3, -0.25) is 14.5 Å². The molecule has 5 rings (SSSR count). The van der Waals surface area contributed by atoms with Gasteiger partial charge in [-0.1, -0.05) is 26.0 Å². The van der Waals surface area contributed by atoms with E-state index >= 15 is 4.39 Å². The lowest BCUT2D eigenvalue weighted by molar-refractivity contribution is -0.124. The summed E-state index contributed by atoms with van der Waals surface area (Å²) in [7, 11) is 0. The SMILES string of the molecule is CC1(C)CN(C(=O)[C@H]2CC(=O)N(c3cccc(C#N)c3)C2)c2ccc(CN3CCOCC3)c(F)c21. The van der Waals surface area contributed by atoms with E-state index in [0.29, 0.717) is 54.4 Å². The van der Waals surface area contributed by atoms with E-state index in [0.717, 1.165) is 13.1 Å². The van der Waals surface area contributed by atoms with Gasteiger partial charge < -0.3 is 14.5 Å². The van der Waals surface area contributed by atoms with Crippen molar-refractivity contribution in [1.82, 2.24) is 4.90 Å². The minimum absolute atomic E-state index is 0.0967. The maximum Gasteiger partial charge on any atom is 0.232 e. The Morgan fingerprint density at radius 2 is 2.00 bits per heavy atom. The summed E-state index contributed by atoms with van der Waals surface area (Å²) in [4.78, 5) is 31.8. The number of hydrogen-bond donors (Lipinski definition) is 0. The lowest BCUT2D eigenvalue weighted by Gasteiger charge is -2.27. The predicted molar refractivity (Wildman–Crippen MR) is 129 cm³/mol. The molecule has 0 saturated carbocycles. The standard InChI is InChI=1S/C27H29FN4O3/c1-27(2)17-32(22-7-6-19(25(28)24(22)27)15-30-8-10-35-11-9-30)26(34)20-13-23(33)31(16-20)21-5-3-4-18(12-21)14-29/h3-7,12,20H,8-11,13,15-17H2,1-2H3/t20-/m0/s1. The zero-order chi connectivity index (χ0) is 24.7. The van der Waals surface area contributed by atoms with Gasteiger partial charge in [0.2, 0.25) is 11.8 Å². The first-order chi connectivity index (χ1) is 16.8.